The molecule has 0 fully saturated rings. The molecule has 92 valence electrons. The van der Waals surface area contributed by atoms with Crippen molar-refractivity contribution in [1.29, 1.82) is 0 Å². The van der Waals surface area contributed by atoms with Crippen LogP contribution in [0.4, 0.5) is 5.69 Å². The Morgan fingerprint density at radius 3 is 2.65 bits per heavy atom. The van der Waals surface area contributed by atoms with Gasteiger partial charge in [-0.05, 0) is 25.0 Å². The summed E-state index contributed by atoms with van der Waals surface area (Å²) in [5.74, 6) is 0.663. The number of anilines is 1. The molecule has 1 aromatic carbocycles. The minimum absolute atomic E-state index is 0.114. The lowest BCUT2D eigenvalue weighted by molar-refractivity contribution is 0.0355. The number of Topliss-reactive ketones (excluding diaryl/α,β-unsaturated/α-hetero) is 1. The minimum atomic E-state index is -0.383. The van der Waals surface area contributed by atoms with Crippen LogP contribution in [0.5, 0.6) is 5.75 Å². The molecular formula is C13H16BrNO2. The first-order valence-electron chi connectivity index (χ1n) is 5.82. The first kappa shape index (κ1) is 12.4. The SMILES string of the molecule is CCC1(CC)CC(=O)c2cc(Br)cc(N)c2O1. The normalized spacial score (nSPS) is 17.5. The first-order chi connectivity index (χ1) is 8.01. The smallest absolute Gasteiger partial charge is 0.170 e. The van der Waals surface area contributed by atoms with Crippen molar-refractivity contribution >= 4 is 27.4 Å². The van der Waals surface area contributed by atoms with E-state index in [1.165, 1.54) is 0 Å². The lowest BCUT2D eigenvalue weighted by Gasteiger charge is -2.37. The number of carbonyl (C=O) groups is 1. The topological polar surface area (TPSA) is 52.3 Å². The molecule has 0 saturated heterocycles. The Labute approximate surface area is 109 Å². The largest absolute Gasteiger partial charge is 0.484 e. The summed E-state index contributed by atoms with van der Waals surface area (Å²) >= 11 is 3.34. The Morgan fingerprint density at radius 1 is 1.41 bits per heavy atom. The van der Waals surface area contributed by atoms with E-state index in [-0.39, 0.29) is 11.4 Å². The Bertz CT molecular complexity index is 467. The van der Waals surface area contributed by atoms with E-state index < -0.39 is 0 Å². The molecule has 1 aliphatic heterocycles. The summed E-state index contributed by atoms with van der Waals surface area (Å²) in [6.07, 6.45) is 2.05. The van der Waals surface area contributed by atoms with Gasteiger partial charge in [0.15, 0.2) is 11.5 Å². The van der Waals surface area contributed by atoms with Gasteiger partial charge < -0.3 is 10.5 Å². The van der Waals surface area contributed by atoms with E-state index in [2.05, 4.69) is 15.9 Å². The maximum atomic E-state index is 12.2. The zero-order valence-corrected chi connectivity index (χ0v) is 11.6. The van der Waals surface area contributed by atoms with Gasteiger partial charge in [0.2, 0.25) is 0 Å². The standard InChI is InChI=1S/C13H16BrNO2/c1-3-13(4-2)7-11(16)9-5-8(14)6-10(15)12(9)17-13/h5-6H,3-4,7,15H2,1-2H3. The monoisotopic (exact) mass is 297 g/mol. The summed E-state index contributed by atoms with van der Waals surface area (Å²) in [6.45, 7) is 4.08. The number of fused-ring (bicyclic) bond motifs is 1. The third-order valence-electron chi connectivity index (χ3n) is 3.47. The van der Waals surface area contributed by atoms with E-state index in [0.29, 0.717) is 23.4 Å². The molecule has 0 radical (unpaired) electrons. The minimum Gasteiger partial charge on any atom is -0.484 e. The molecule has 1 aromatic rings. The van der Waals surface area contributed by atoms with Crippen molar-refractivity contribution in [2.24, 2.45) is 0 Å². The van der Waals surface area contributed by atoms with E-state index >= 15 is 0 Å². The number of nitrogen functional groups attached to an aromatic ring is 1. The quantitative estimate of drug-likeness (QED) is 0.849. The zero-order chi connectivity index (χ0) is 12.6. The van der Waals surface area contributed by atoms with Gasteiger partial charge in [-0.1, -0.05) is 29.8 Å². The van der Waals surface area contributed by atoms with Crippen molar-refractivity contribution in [1.82, 2.24) is 0 Å². The van der Waals surface area contributed by atoms with Crippen LogP contribution >= 0.6 is 15.9 Å². The summed E-state index contributed by atoms with van der Waals surface area (Å²) in [5.41, 5.74) is 6.66. The summed E-state index contributed by atoms with van der Waals surface area (Å²) < 4.78 is 6.82. The molecule has 1 aliphatic rings. The van der Waals surface area contributed by atoms with Gasteiger partial charge in [0.25, 0.3) is 0 Å². The molecule has 0 unspecified atom stereocenters. The highest BCUT2D eigenvalue weighted by atomic mass is 79.9. The molecule has 3 nitrogen and oxygen atoms in total. The number of rotatable bonds is 2. The predicted molar refractivity (Wildman–Crippen MR) is 71.4 cm³/mol. The fourth-order valence-corrected chi connectivity index (χ4v) is 2.70. The van der Waals surface area contributed by atoms with Gasteiger partial charge in [0.1, 0.15) is 5.60 Å². The van der Waals surface area contributed by atoms with E-state index in [9.17, 15) is 4.79 Å². The Kier molecular flexibility index (Phi) is 3.17. The number of ketones is 1. The number of hydrogen-bond donors (Lipinski definition) is 1. The van der Waals surface area contributed by atoms with Crippen molar-refractivity contribution in [2.45, 2.75) is 38.7 Å². The van der Waals surface area contributed by atoms with Crippen molar-refractivity contribution in [3.8, 4) is 5.75 Å². The van der Waals surface area contributed by atoms with E-state index in [0.717, 1.165) is 17.3 Å². The van der Waals surface area contributed by atoms with Crippen molar-refractivity contribution in [3.63, 3.8) is 0 Å². The van der Waals surface area contributed by atoms with Crippen LogP contribution in [0.1, 0.15) is 43.5 Å². The molecule has 1 heterocycles. The number of nitrogens with two attached hydrogens (primary N) is 1. The molecule has 0 amide bonds. The maximum Gasteiger partial charge on any atom is 0.170 e. The van der Waals surface area contributed by atoms with Gasteiger partial charge >= 0.3 is 0 Å². The molecule has 2 rings (SSSR count). The van der Waals surface area contributed by atoms with E-state index in [1.54, 1.807) is 12.1 Å². The van der Waals surface area contributed by atoms with Crippen molar-refractivity contribution in [3.05, 3.63) is 22.2 Å². The third kappa shape index (κ3) is 2.06. The van der Waals surface area contributed by atoms with Gasteiger partial charge in [0.05, 0.1) is 17.7 Å². The molecule has 0 saturated carbocycles. The molecule has 0 spiro atoms. The maximum absolute atomic E-state index is 12.2. The number of carbonyl (C=O) groups excluding carboxylic acids is 1. The number of benzene rings is 1. The van der Waals surface area contributed by atoms with Gasteiger partial charge in [0, 0.05) is 4.47 Å². The summed E-state index contributed by atoms with van der Waals surface area (Å²) in [4.78, 5) is 12.2. The highest BCUT2D eigenvalue weighted by molar-refractivity contribution is 9.10. The van der Waals surface area contributed by atoms with Gasteiger partial charge in [-0.25, -0.2) is 0 Å². The molecule has 2 N–H and O–H groups in total. The lowest BCUT2D eigenvalue weighted by Crippen LogP contribution is -2.41. The van der Waals surface area contributed by atoms with E-state index in [1.807, 2.05) is 13.8 Å². The van der Waals surface area contributed by atoms with Crippen molar-refractivity contribution in [2.75, 3.05) is 5.73 Å². The number of halogens is 1. The number of ether oxygens (including phenoxy) is 1. The second-order valence-corrected chi connectivity index (χ2v) is 5.38. The summed E-state index contributed by atoms with van der Waals surface area (Å²) in [5, 5.41) is 0. The fourth-order valence-electron chi connectivity index (χ4n) is 2.22. The zero-order valence-electron chi connectivity index (χ0n) is 10.0. The molecule has 0 aromatic heterocycles. The molecule has 0 bridgehead atoms. The lowest BCUT2D eigenvalue weighted by atomic mass is 9.85. The van der Waals surface area contributed by atoms with Crippen LogP contribution in [0.15, 0.2) is 16.6 Å². The van der Waals surface area contributed by atoms with E-state index in [4.69, 9.17) is 10.5 Å². The predicted octanol–water partition coefficient (Wildman–Crippen LogP) is 3.56. The first-order valence-corrected chi connectivity index (χ1v) is 6.62. The van der Waals surface area contributed by atoms with Crippen LogP contribution < -0.4 is 10.5 Å². The van der Waals surface area contributed by atoms with Crippen LogP contribution in [-0.2, 0) is 0 Å². The van der Waals surface area contributed by atoms with Crippen molar-refractivity contribution < 1.29 is 9.53 Å². The average Bonchev–Trinajstić information content (AvgIpc) is 2.30. The number of hydrogen-bond acceptors (Lipinski definition) is 3. The Hall–Kier alpha value is -1.03. The fraction of sp³-hybridized carbons (Fsp3) is 0.462. The highest BCUT2D eigenvalue weighted by Crippen LogP contribution is 2.41. The molecular weight excluding hydrogens is 282 g/mol. The van der Waals surface area contributed by atoms with Gasteiger partial charge in [-0.3, -0.25) is 4.79 Å². The Balaban J connectivity index is 2.53. The molecule has 0 atom stereocenters. The van der Waals surface area contributed by atoms with Gasteiger partial charge in [-0.2, -0.15) is 0 Å². The summed E-state index contributed by atoms with van der Waals surface area (Å²) in [6, 6.07) is 3.55. The second kappa shape index (κ2) is 4.33. The molecule has 17 heavy (non-hydrogen) atoms. The second-order valence-electron chi connectivity index (χ2n) is 4.46. The molecule has 4 heteroatoms. The van der Waals surface area contributed by atoms with Crippen LogP contribution in [0, 0.1) is 0 Å². The van der Waals surface area contributed by atoms with Gasteiger partial charge in [-0.15, -0.1) is 0 Å². The van der Waals surface area contributed by atoms with Crippen LogP contribution in [0.25, 0.3) is 0 Å². The average molecular weight is 298 g/mol. The van der Waals surface area contributed by atoms with Crippen LogP contribution in [0.3, 0.4) is 0 Å². The molecule has 0 aliphatic carbocycles. The van der Waals surface area contributed by atoms with Crippen LogP contribution in [0.2, 0.25) is 0 Å². The van der Waals surface area contributed by atoms with Crippen LogP contribution in [-0.4, -0.2) is 11.4 Å². The highest BCUT2D eigenvalue weighted by Gasteiger charge is 2.38. The third-order valence-corrected chi connectivity index (χ3v) is 3.93. The summed E-state index contributed by atoms with van der Waals surface area (Å²) in [7, 11) is 0. The Morgan fingerprint density at radius 2 is 2.06 bits per heavy atom.